The lowest BCUT2D eigenvalue weighted by Crippen LogP contribution is -2.39. The van der Waals surface area contributed by atoms with Crippen molar-refractivity contribution in [2.24, 2.45) is 0 Å². The third-order valence-corrected chi connectivity index (χ3v) is 2.51. The monoisotopic (exact) mass is 208 g/mol. The highest BCUT2D eigenvalue weighted by Gasteiger charge is 2.30. The van der Waals surface area contributed by atoms with E-state index in [4.69, 9.17) is 19.8 Å². The number of aliphatic hydroxyl groups is 1. The molecular formula is C8H10B2O5. The number of fused-ring (bicyclic) bond motifs is 1. The SMILES string of the molecule is OCc1cc2c(cc1B(O)O)B(O)OC2. The van der Waals surface area contributed by atoms with Crippen LogP contribution in [0.4, 0.5) is 0 Å². The van der Waals surface area contributed by atoms with Gasteiger partial charge in [0.15, 0.2) is 0 Å². The van der Waals surface area contributed by atoms with Crippen LogP contribution < -0.4 is 10.9 Å². The second kappa shape index (κ2) is 3.96. The zero-order valence-electron chi connectivity index (χ0n) is 7.92. The second-order valence-corrected chi connectivity index (χ2v) is 3.44. The van der Waals surface area contributed by atoms with E-state index in [1.807, 2.05) is 0 Å². The number of aliphatic hydroxyl groups excluding tert-OH is 1. The maximum Gasteiger partial charge on any atom is 0.491 e. The standard InChI is InChI=1S/C8H10B2O5/c11-3-5-1-6-4-15-10(14)8(6)2-7(5)9(12)13/h1-2,11-14H,3-4H2. The van der Waals surface area contributed by atoms with Crippen LogP contribution in [0.25, 0.3) is 0 Å². The van der Waals surface area contributed by atoms with Gasteiger partial charge in [0.2, 0.25) is 0 Å². The molecule has 0 radical (unpaired) electrons. The van der Waals surface area contributed by atoms with Crippen molar-refractivity contribution >= 4 is 25.2 Å². The minimum absolute atomic E-state index is 0.195. The van der Waals surface area contributed by atoms with Gasteiger partial charge in [-0.1, -0.05) is 12.1 Å². The molecule has 0 aromatic heterocycles. The molecule has 1 heterocycles. The largest absolute Gasteiger partial charge is 0.491 e. The summed E-state index contributed by atoms with van der Waals surface area (Å²) in [6.07, 6.45) is 0. The summed E-state index contributed by atoms with van der Waals surface area (Å²) >= 11 is 0. The molecule has 4 N–H and O–H groups in total. The minimum atomic E-state index is -1.66. The van der Waals surface area contributed by atoms with Crippen molar-refractivity contribution in [3.05, 3.63) is 23.3 Å². The van der Waals surface area contributed by atoms with Gasteiger partial charge in [0.05, 0.1) is 13.2 Å². The molecule has 0 bridgehead atoms. The van der Waals surface area contributed by atoms with Gasteiger partial charge in [0.25, 0.3) is 0 Å². The predicted molar refractivity (Wildman–Crippen MR) is 54.6 cm³/mol. The number of hydrogen-bond donors (Lipinski definition) is 4. The fraction of sp³-hybridized carbons (Fsp3) is 0.250. The average Bonchev–Trinajstić information content (AvgIpc) is 2.58. The Bertz CT molecular complexity index is 382. The van der Waals surface area contributed by atoms with Crippen LogP contribution in [-0.4, -0.2) is 34.4 Å². The van der Waals surface area contributed by atoms with Gasteiger partial charge in [-0.25, -0.2) is 0 Å². The van der Waals surface area contributed by atoms with E-state index < -0.39 is 14.2 Å². The van der Waals surface area contributed by atoms with Crippen molar-refractivity contribution in [3.63, 3.8) is 0 Å². The van der Waals surface area contributed by atoms with Crippen LogP contribution in [0.2, 0.25) is 0 Å². The summed E-state index contributed by atoms with van der Waals surface area (Å²) in [7, 11) is -2.68. The number of hydrogen-bond acceptors (Lipinski definition) is 5. The van der Waals surface area contributed by atoms with E-state index in [1.54, 1.807) is 6.07 Å². The van der Waals surface area contributed by atoms with Crippen molar-refractivity contribution in [2.45, 2.75) is 13.2 Å². The summed E-state index contributed by atoms with van der Waals surface area (Å²) in [6.45, 7) is -0.0123. The average molecular weight is 208 g/mol. The van der Waals surface area contributed by atoms with Gasteiger partial charge in [-0.3, -0.25) is 0 Å². The summed E-state index contributed by atoms with van der Waals surface area (Å²) in [5.41, 5.74) is 1.91. The Kier molecular flexibility index (Phi) is 2.81. The van der Waals surface area contributed by atoms with E-state index in [-0.39, 0.29) is 18.7 Å². The third-order valence-electron chi connectivity index (χ3n) is 2.51. The van der Waals surface area contributed by atoms with Crippen LogP contribution in [0.3, 0.4) is 0 Å². The smallest absolute Gasteiger partial charge is 0.423 e. The highest BCUT2D eigenvalue weighted by atomic mass is 16.5. The molecule has 0 spiro atoms. The van der Waals surface area contributed by atoms with E-state index in [9.17, 15) is 5.02 Å². The first-order valence-corrected chi connectivity index (χ1v) is 4.55. The van der Waals surface area contributed by atoms with Crippen molar-refractivity contribution in [1.29, 1.82) is 0 Å². The van der Waals surface area contributed by atoms with E-state index in [0.29, 0.717) is 11.0 Å². The van der Waals surface area contributed by atoms with Gasteiger partial charge in [0, 0.05) is 0 Å². The van der Waals surface area contributed by atoms with Crippen LogP contribution in [0.1, 0.15) is 11.1 Å². The van der Waals surface area contributed by atoms with E-state index in [2.05, 4.69) is 0 Å². The number of rotatable bonds is 2. The van der Waals surface area contributed by atoms with Crippen LogP contribution >= 0.6 is 0 Å². The van der Waals surface area contributed by atoms with E-state index in [1.165, 1.54) is 6.07 Å². The first kappa shape index (κ1) is 10.7. The Morgan fingerprint density at radius 2 is 2.13 bits per heavy atom. The molecule has 0 amide bonds. The van der Waals surface area contributed by atoms with Crippen LogP contribution in [0.5, 0.6) is 0 Å². The summed E-state index contributed by atoms with van der Waals surface area (Å²) in [5.74, 6) is 0. The highest BCUT2D eigenvalue weighted by molar-refractivity contribution is 6.64. The molecule has 15 heavy (non-hydrogen) atoms. The highest BCUT2D eigenvalue weighted by Crippen LogP contribution is 2.11. The maximum absolute atomic E-state index is 9.40. The molecule has 1 aliphatic rings. The molecule has 1 aromatic carbocycles. The predicted octanol–water partition coefficient (Wildman–Crippen LogP) is -2.92. The molecule has 0 unspecified atom stereocenters. The fourth-order valence-corrected chi connectivity index (χ4v) is 1.72. The maximum atomic E-state index is 9.40. The van der Waals surface area contributed by atoms with Gasteiger partial charge >= 0.3 is 14.2 Å². The lowest BCUT2D eigenvalue weighted by Gasteiger charge is -2.09. The Balaban J connectivity index is 2.51. The first-order valence-electron chi connectivity index (χ1n) is 4.55. The van der Waals surface area contributed by atoms with Gasteiger partial charge in [-0.05, 0) is 22.1 Å². The van der Waals surface area contributed by atoms with Crippen molar-refractivity contribution < 1.29 is 24.8 Å². The molecule has 1 aromatic rings. The molecule has 78 valence electrons. The lowest BCUT2D eigenvalue weighted by molar-refractivity contribution is 0.273. The molecule has 0 aliphatic carbocycles. The molecular weight excluding hydrogens is 198 g/mol. The zero-order valence-corrected chi connectivity index (χ0v) is 7.92. The van der Waals surface area contributed by atoms with E-state index in [0.717, 1.165) is 5.56 Å². The summed E-state index contributed by atoms with van der Waals surface area (Å²) in [6, 6.07) is 3.06. The van der Waals surface area contributed by atoms with Crippen LogP contribution in [0.15, 0.2) is 12.1 Å². The Morgan fingerprint density at radius 1 is 1.40 bits per heavy atom. The van der Waals surface area contributed by atoms with Gasteiger partial charge < -0.3 is 24.8 Å². The van der Waals surface area contributed by atoms with Gasteiger partial charge in [-0.15, -0.1) is 0 Å². The Morgan fingerprint density at radius 3 is 2.73 bits per heavy atom. The van der Waals surface area contributed by atoms with Gasteiger partial charge in [0.1, 0.15) is 0 Å². The topological polar surface area (TPSA) is 90.2 Å². The normalized spacial score (nSPS) is 14.3. The van der Waals surface area contributed by atoms with E-state index >= 15 is 0 Å². The van der Waals surface area contributed by atoms with Crippen LogP contribution in [0, 0.1) is 0 Å². The molecule has 0 saturated carbocycles. The minimum Gasteiger partial charge on any atom is -0.423 e. The second-order valence-electron chi connectivity index (χ2n) is 3.44. The van der Waals surface area contributed by atoms with Crippen molar-refractivity contribution in [2.75, 3.05) is 0 Å². The molecule has 1 aliphatic heterocycles. The summed E-state index contributed by atoms with van der Waals surface area (Å²) < 4.78 is 4.97. The lowest BCUT2D eigenvalue weighted by atomic mass is 9.70. The molecule has 0 fully saturated rings. The van der Waals surface area contributed by atoms with Crippen molar-refractivity contribution in [3.8, 4) is 0 Å². The Hall–Kier alpha value is -0.850. The Labute approximate surface area is 87.2 Å². The molecule has 0 saturated heterocycles. The van der Waals surface area contributed by atoms with Crippen LogP contribution in [-0.2, 0) is 17.9 Å². The molecule has 0 atom stereocenters. The van der Waals surface area contributed by atoms with Gasteiger partial charge in [-0.2, -0.15) is 0 Å². The van der Waals surface area contributed by atoms with Crippen molar-refractivity contribution in [1.82, 2.24) is 0 Å². The number of benzene rings is 1. The fourth-order valence-electron chi connectivity index (χ4n) is 1.72. The quantitative estimate of drug-likeness (QED) is 0.390. The molecule has 5 nitrogen and oxygen atoms in total. The first-order chi connectivity index (χ1) is 7.13. The summed E-state index contributed by atoms with van der Waals surface area (Å²) in [4.78, 5) is 0. The zero-order chi connectivity index (χ0) is 11.0. The molecule has 2 rings (SSSR count). The molecule has 7 heteroatoms. The third kappa shape index (κ3) is 1.80. The summed E-state index contributed by atoms with van der Waals surface area (Å²) in [5, 5.41) is 36.6.